The second-order valence-electron chi connectivity index (χ2n) is 6.69. The van der Waals surface area contributed by atoms with Crippen LogP contribution in [0.2, 0.25) is 0 Å². The third kappa shape index (κ3) is 0.856. The van der Waals surface area contributed by atoms with Crippen molar-refractivity contribution in [2.24, 2.45) is 16.7 Å². The smallest absolute Gasteiger partial charge is 0.104 e. The van der Waals surface area contributed by atoms with E-state index in [1.807, 2.05) is 0 Å². The van der Waals surface area contributed by atoms with E-state index >= 15 is 0 Å². The third-order valence-corrected chi connectivity index (χ3v) is 6.15. The van der Waals surface area contributed by atoms with Crippen LogP contribution in [0.4, 0.5) is 0 Å². The van der Waals surface area contributed by atoms with Gasteiger partial charge in [-0.2, -0.15) is 0 Å². The molecule has 3 nitrogen and oxygen atoms in total. The number of hydrogen-bond acceptors (Lipinski definition) is 3. The maximum atomic E-state index is 11.0. The van der Waals surface area contributed by atoms with Crippen LogP contribution >= 0.6 is 0 Å². The standard InChI is InChI=1S/C13H22O3/c1-11(2)8-5-6-12(7-8)9(14)3-4-10(15)13(11,12)16/h8-10,14-16H,3-7H2,1-2H3/t8-,9-,10-,12+,13+/m1/s1. The van der Waals surface area contributed by atoms with E-state index in [9.17, 15) is 15.3 Å². The lowest BCUT2D eigenvalue weighted by Gasteiger charge is -2.58. The van der Waals surface area contributed by atoms with Gasteiger partial charge in [0.1, 0.15) is 5.60 Å². The Hall–Kier alpha value is -0.120. The van der Waals surface area contributed by atoms with Crippen LogP contribution in [0.15, 0.2) is 0 Å². The van der Waals surface area contributed by atoms with Crippen molar-refractivity contribution >= 4 is 0 Å². The number of fused-ring (bicyclic) bond motifs is 1. The van der Waals surface area contributed by atoms with Crippen molar-refractivity contribution in [3.63, 3.8) is 0 Å². The van der Waals surface area contributed by atoms with Crippen molar-refractivity contribution < 1.29 is 15.3 Å². The average molecular weight is 226 g/mol. The normalized spacial score (nSPS) is 58.7. The molecule has 0 heterocycles. The molecule has 0 saturated heterocycles. The highest BCUT2D eigenvalue weighted by atomic mass is 16.4. The lowest BCUT2D eigenvalue weighted by Crippen LogP contribution is -2.68. The van der Waals surface area contributed by atoms with E-state index < -0.39 is 23.2 Å². The highest BCUT2D eigenvalue weighted by Gasteiger charge is 2.75. The molecule has 3 N–H and O–H groups in total. The molecule has 0 radical (unpaired) electrons. The van der Waals surface area contributed by atoms with Crippen molar-refractivity contribution in [1.29, 1.82) is 0 Å². The second-order valence-corrected chi connectivity index (χ2v) is 6.69. The second kappa shape index (κ2) is 2.82. The molecule has 0 amide bonds. The summed E-state index contributed by atoms with van der Waals surface area (Å²) < 4.78 is 0. The highest BCUT2D eigenvalue weighted by Crippen LogP contribution is 2.72. The molecule has 2 bridgehead atoms. The van der Waals surface area contributed by atoms with Gasteiger partial charge in [-0.15, -0.1) is 0 Å². The SMILES string of the molecule is CC1(C)[C@@H]2CC[C@]3(C2)[C@H](O)CC[C@@H](O)[C@]13O. The van der Waals surface area contributed by atoms with E-state index in [2.05, 4.69) is 13.8 Å². The van der Waals surface area contributed by atoms with Crippen LogP contribution in [0.5, 0.6) is 0 Å². The first kappa shape index (κ1) is 11.0. The van der Waals surface area contributed by atoms with Crippen molar-refractivity contribution in [3.8, 4) is 0 Å². The van der Waals surface area contributed by atoms with Crippen molar-refractivity contribution in [3.05, 3.63) is 0 Å². The van der Waals surface area contributed by atoms with Gasteiger partial charge >= 0.3 is 0 Å². The summed E-state index contributed by atoms with van der Waals surface area (Å²) >= 11 is 0. The van der Waals surface area contributed by atoms with Crippen LogP contribution in [-0.4, -0.2) is 33.1 Å². The number of aliphatic hydroxyl groups excluding tert-OH is 2. The van der Waals surface area contributed by atoms with E-state index in [1.54, 1.807) is 0 Å². The minimum absolute atomic E-state index is 0.272. The largest absolute Gasteiger partial charge is 0.392 e. The summed E-state index contributed by atoms with van der Waals surface area (Å²) in [6.45, 7) is 4.11. The van der Waals surface area contributed by atoms with Gasteiger partial charge in [-0.05, 0) is 43.4 Å². The fourth-order valence-corrected chi connectivity index (χ4v) is 5.11. The molecule has 0 aromatic heterocycles. The van der Waals surface area contributed by atoms with Gasteiger partial charge in [-0.25, -0.2) is 0 Å². The van der Waals surface area contributed by atoms with Gasteiger partial charge in [0.25, 0.3) is 0 Å². The molecule has 16 heavy (non-hydrogen) atoms. The third-order valence-electron chi connectivity index (χ3n) is 6.15. The number of aliphatic hydroxyl groups is 3. The molecule has 0 aromatic carbocycles. The summed E-state index contributed by atoms with van der Waals surface area (Å²) in [6.07, 6.45) is 2.88. The Labute approximate surface area is 96.5 Å². The Morgan fingerprint density at radius 3 is 2.25 bits per heavy atom. The van der Waals surface area contributed by atoms with Gasteiger partial charge in [0.15, 0.2) is 0 Å². The molecule has 3 aliphatic rings. The Morgan fingerprint density at radius 1 is 1.00 bits per heavy atom. The molecule has 3 heteroatoms. The topological polar surface area (TPSA) is 60.7 Å². The predicted molar refractivity (Wildman–Crippen MR) is 59.8 cm³/mol. The van der Waals surface area contributed by atoms with Crippen LogP contribution in [0.3, 0.4) is 0 Å². The molecular formula is C13H22O3. The highest BCUT2D eigenvalue weighted by molar-refractivity contribution is 5.25. The molecule has 0 aliphatic heterocycles. The lowest BCUT2D eigenvalue weighted by molar-refractivity contribution is -0.256. The summed E-state index contributed by atoms with van der Waals surface area (Å²) in [7, 11) is 0. The van der Waals surface area contributed by atoms with Gasteiger partial charge in [0.2, 0.25) is 0 Å². The molecule has 3 saturated carbocycles. The van der Waals surface area contributed by atoms with Gasteiger partial charge in [-0.3, -0.25) is 0 Å². The first-order valence-electron chi connectivity index (χ1n) is 6.45. The van der Waals surface area contributed by atoms with Gasteiger partial charge in [0, 0.05) is 5.41 Å². The van der Waals surface area contributed by atoms with Crippen LogP contribution < -0.4 is 0 Å². The zero-order valence-electron chi connectivity index (χ0n) is 10.1. The molecule has 3 aliphatic carbocycles. The minimum Gasteiger partial charge on any atom is -0.392 e. The molecule has 0 aromatic rings. The first-order valence-corrected chi connectivity index (χ1v) is 6.45. The molecule has 5 atom stereocenters. The lowest BCUT2D eigenvalue weighted by atomic mass is 9.52. The van der Waals surface area contributed by atoms with Gasteiger partial charge in [0.05, 0.1) is 12.2 Å². The van der Waals surface area contributed by atoms with Crippen LogP contribution in [-0.2, 0) is 0 Å². The van der Waals surface area contributed by atoms with Crippen LogP contribution in [0, 0.1) is 16.7 Å². The van der Waals surface area contributed by atoms with Gasteiger partial charge < -0.3 is 15.3 Å². The predicted octanol–water partition coefficient (Wildman–Crippen LogP) is 1.06. The van der Waals surface area contributed by atoms with Crippen molar-refractivity contribution in [2.45, 2.75) is 63.8 Å². The number of rotatable bonds is 0. The van der Waals surface area contributed by atoms with E-state index in [4.69, 9.17) is 0 Å². The van der Waals surface area contributed by atoms with Crippen molar-refractivity contribution in [1.82, 2.24) is 0 Å². The summed E-state index contributed by atoms with van der Waals surface area (Å²) in [5.74, 6) is 0.444. The molecular weight excluding hydrogens is 204 g/mol. The maximum Gasteiger partial charge on any atom is 0.104 e. The van der Waals surface area contributed by atoms with Crippen molar-refractivity contribution in [2.75, 3.05) is 0 Å². The van der Waals surface area contributed by atoms with E-state index in [1.165, 1.54) is 0 Å². The maximum absolute atomic E-state index is 11.0. The fourth-order valence-electron chi connectivity index (χ4n) is 5.11. The zero-order chi connectivity index (χ0) is 11.8. The number of hydrogen-bond donors (Lipinski definition) is 3. The van der Waals surface area contributed by atoms with Gasteiger partial charge in [-0.1, -0.05) is 13.8 Å². The van der Waals surface area contributed by atoms with E-state index in [0.717, 1.165) is 19.3 Å². The summed E-state index contributed by atoms with van der Waals surface area (Å²) in [5.41, 5.74) is -1.79. The molecule has 92 valence electrons. The summed E-state index contributed by atoms with van der Waals surface area (Å²) in [5, 5.41) is 31.6. The molecule has 3 rings (SSSR count). The Morgan fingerprint density at radius 2 is 1.62 bits per heavy atom. The van der Waals surface area contributed by atoms with E-state index in [-0.39, 0.29) is 5.41 Å². The summed E-state index contributed by atoms with van der Waals surface area (Å²) in [6, 6.07) is 0. The molecule has 0 unspecified atom stereocenters. The zero-order valence-corrected chi connectivity index (χ0v) is 10.1. The Kier molecular flexibility index (Phi) is 1.94. The summed E-state index contributed by atoms with van der Waals surface area (Å²) in [4.78, 5) is 0. The fraction of sp³-hybridized carbons (Fsp3) is 1.00. The van der Waals surface area contributed by atoms with Crippen LogP contribution in [0.1, 0.15) is 46.0 Å². The quantitative estimate of drug-likeness (QED) is 0.579. The molecule has 1 spiro atoms. The first-order chi connectivity index (χ1) is 7.36. The monoisotopic (exact) mass is 226 g/mol. The minimum atomic E-state index is -1.08. The Bertz CT molecular complexity index is 327. The van der Waals surface area contributed by atoms with Crippen LogP contribution in [0.25, 0.3) is 0 Å². The average Bonchev–Trinajstić information content (AvgIpc) is 2.73. The van der Waals surface area contributed by atoms with E-state index in [0.29, 0.717) is 18.8 Å². The molecule has 3 fully saturated rings. The Balaban J connectivity index is 2.15.